The molecule has 1 heterocycles. The summed E-state index contributed by atoms with van der Waals surface area (Å²) in [7, 11) is 0. The molecule has 2 heteroatoms. The molecule has 2 N–H and O–H groups in total. The Balaban J connectivity index is 1.96. The lowest BCUT2D eigenvalue weighted by molar-refractivity contribution is 0.0406. The van der Waals surface area contributed by atoms with E-state index in [1.54, 1.807) is 0 Å². The SMILES string of the molecule is CC1CC(N2CCCC(CN)C2)CC(C)(C)C1. The molecule has 3 unspecified atom stereocenters. The van der Waals surface area contributed by atoms with Crippen molar-refractivity contribution in [2.45, 2.75) is 58.9 Å². The number of hydrogen-bond acceptors (Lipinski definition) is 2. The molecule has 2 nitrogen and oxygen atoms in total. The molecule has 2 rings (SSSR count). The molecule has 100 valence electrons. The molecule has 17 heavy (non-hydrogen) atoms. The van der Waals surface area contributed by atoms with Crippen LogP contribution in [0.5, 0.6) is 0 Å². The van der Waals surface area contributed by atoms with Crippen LogP contribution in [0.4, 0.5) is 0 Å². The van der Waals surface area contributed by atoms with E-state index in [1.165, 1.54) is 45.2 Å². The zero-order chi connectivity index (χ0) is 12.5. The maximum absolute atomic E-state index is 5.85. The summed E-state index contributed by atoms with van der Waals surface area (Å²) >= 11 is 0. The van der Waals surface area contributed by atoms with Gasteiger partial charge in [0.25, 0.3) is 0 Å². The van der Waals surface area contributed by atoms with Crippen molar-refractivity contribution in [3.05, 3.63) is 0 Å². The molecule has 3 atom stereocenters. The normalized spacial score (nSPS) is 39.2. The highest BCUT2D eigenvalue weighted by molar-refractivity contribution is 4.89. The van der Waals surface area contributed by atoms with Crippen molar-refractivity contribution in [1.29, 1.82) is 0 Å². The minimum Gasteiger partial charge on any atom is -0.330 e. The zero-order valence-electron chi connectivity index (χ0n) is 11.9. The van der Waals surface area contributed by atoms with Crippen LogP contribution >= 0.6 is 0 Å². The predicted octanol–water partition coefficient (Wildman–Crippen LogP) is 2.87. The van der Waals surface area contributed by atoms with Crippen molar-refractivity contribution in [1.82, 2.24) is 4.90 Å². The van der Waals surface area contributed by atoms with Gasteiger partial charge in [-0.05, 0) is 62.4 Å². The Hall–Kier alpha value is -0.0800. The number of piperidine rings is 1. The van der Waals surface area contributed by atoms with Gasteiger partial charge in [0.15, 0.2) is 0 Å². The Kier molecular flexibility index (Phi) is 4.14. The third-order valence-electron chi connectivity index (χ3n) is 4.76. The fraction of sp³-hybridized carbons (Fsp3) is 1.00. The summed E-state index contributed by atoms with van der Waals surface area (Å²) < 4.78 is 0. The van der Waals surface area contributed by atoms with Crippen molar-refractivity contribution in [3.63, 3.8) is 0 Å². The van der Waals surface area contributed by atoms with Crippen molar-refractivity contribution >= 4 is 0 Å². The highest BCUT2D eigenvalue weighted by Gasteiger charge is 2.36. The van der Waals surface area contributed by atoms with Gasteiger partial charge in [0.05, 0.1) is 0 Å². The molecule has 0 bridgehead atoms. The summed E-state index contributed by atoms with van der Waals surface area (Å²) in [4.78, 5) is 2.75. The van der Waals surface area contributed by atoms with E-state index in [4.69, 9.17) is 5.73 Å². The summed E-state index contributed by atoms with van der Waals surface area (Å²) in [5.74, 6) is 1.64. The van der Waals surface area contributed by atoms with Gasteiger partial charge in [0.1, 0.15) is 0 Å². The van der Waals surface area contributed by atoms with Gasteiger partial charge in [-0.25, -0.2) is 0 Å². The second kappa shape index (κ2) is 5.27. The highest BCUT2D eigenvalue weighted by atomic mass is 15.2. The molecular formula is C15H30N2. The maximum atomic E-state index is 5.85. The van der Waals surface area contributed by atoms with Gasteiger partial charge in [-0.2, -0.15) is 0 Å². The average molecular weight is 238 g/mol. The van der Waals surface area contributed by atoms with E-state index in [9.17, 15) is 0 Å². The smallest absolute Gasteiger partial charge is 0.0103 e. The van der Waals surface area contributed by atoms with E-state index >= 15 is 0 Å². The van der Waals surface area contributed by atoms with E-state index in [2.05, 4.69) is 25.7 Å². The van der Waals surface area contributed by atoms with Crippen LogP contribution in [0.2, 0.25) is 0 Å². The van der Waals surface area contributed by atoms with Gasteiger partial charge in [0.2, 0.25) is 0 Å². The van der Waals surface area contributed by atoms with Gasteiger partial charge in [-0.1, -0.05) is 20.8 Å². The molecule has 2 fully saturated rings. The van der Waals surface area contributed by atoms with Gasteiger partial charge in [0, 0.05) is 12.6 Å². The average Bonchev–Trinajstić information content (AvgIpc) is 2.26. The number of rotatable bonds is 2. The molecule has 0 aromatic carbocycles. The van der Waals surface area contributed by atoms with Gasteiger partial charge in [-0.15, -0.1) is 0 Å². The second-order valence-electron chi connectivity index (χ2n) is 7.31. The molecule has 1 aliphatic carbocycles. The molecule has 0 aromatic rings. The maximum Gasteiger partial charge on any atom is 0.0103 e. The van der Waals surface area contributed by atoms with Gasteiger partial charge < -0.3 is 10.6 Å². The number of hydrogen-bond donors (Lipinski definition) is 1. The minimum atomic E-state index is 0.540. The van der Waals surface area contributed by atoms with E-state index < -0.39 is 0 Å². The lowest BCUT2D eigenvalue weighted by atomic mass is 9.70. The van der Waals surface area contributed by atoms with Crippen LogP contribution < -0.4 is 5.73 Å². The quantitative estimate of drug-likeness (QED) is 0.801. The molecule has 1 saturated carbocycles. The summed E-state index contributed by atoms with van der Waals surface area (Å²) in [5.41, 5.74) is 6.39. The van der Waals surface area contributed by atoms with Gasteiger partial charge in [-0.3, -0.25) is 0 Å². The Labute approximate surface area is 107 Å². The number of likely N-dealkylation sites (tertiary alicyclic amines) is 1. The van der Waals surface area contributed by atoms with Crippen LogP contribution in [0.3, 0.4) is 0 Å². The Morgan fingerprint density at radius 2 is 2.06 bits per heavy atom. The second-order valence-corrected chi connectivity index (χ2v) is 7.31. The predicted molar refractivity (Wildman–Crippen MR) is 73.9 cm³/mol. The summed E-state index contributed by atoms with van der Waals surface area (Å²) in [5, 5.41) is 0. The van der Waals surface area contributed by atoms with Crippen LogP contribution in [0, 0.1) is 17.3 Å². The Morgan fingerprint density at radius 3 is 2.71 bits per heavy atom. The molecular weight excluding hydrogens is 208 g/mol. The summed E-state index contributed by atoms with van der Waals surface area (Å²) in [6, 6.07) is 0.822. The number of nitrogens with two attached hydrogens (primary N) is 1. The van der Waals surface area contributed by atoms with Gasteiger partial charge >= 0.3 is 0 Å². The van der Waals surface area contributed by atoms with Crippen LogP contribution in [0.1, 0.15) is 52.9 Å². The first kappa shape index (κ1) is 13.4. The fourth-order valence-electron chi connectivity index (χ4n) is 4.20. The standard InChI is InChI=1S/C15H30N2/c1-12-7-14(9-15(2,3)8-12)17-6-4-5-13(10-16)11-17/h12-14H,4-11,16H2,1-3H3. The third kappa shape index (κ3) is 3.45. The Morgan fingerprint density at radius 1 is 1.29 bits per heavy atom. The van der Waals surface area contributed by atoms with Crippen molar-refractivity contribution in [2.75, 3.05) is 19.6 Å². The first-order valence-electron chi connectivity index (χ1n) is 7.44. The molecule has 1 aliphatic heterocycles. The van der Waals surface area contributed by atoms with Crippen molar-refractivity contribution < 1.29 is 0 Å². The summed E-state index contributed by atoms with van der Waals surface area (Å²) in [6.07, 6.45) is 6.89. The van der Waals surface area contributed by atoms with Crippen LogP contribution in [0.15, 0.2) is 0 Å². The topological polar surface area (TPSA) is 29.3 Å². The molecule has 0 aromatic heterocycles. The van der Waals surface area contributed by atoms with E-state index in [0.29, 0.717) is 5.41 Å². The van der Waals surface area contributed by atoms with Crippen molar-refractivity contribution in [3.8, 4) is 0 Å². The van der Waals surface area contributed by atoms with E-state index in [1.807, 2.05) is 0 Å². The largest absolute Gasteiger partial charge is 0.330 e. The zero-order valence-corrected chi connectivity index (χ0v) is 11.9. The molecule has 0 amide bonds. The summed E-state index contributed by atoms with van der Waals surface area (Å²) in [6.45, 7) is 10.8. The lowest BCUT2D eigenvalue weighted by Gasteiger charge is -2.46. The van der Waals surface area contributed by atoms with Crippen LogP contribution in [-0.2, 0) is 0 Å². The Bertz CT molecular complexity index is 249. The van der Waals surface area contributed by atoms with Crippen LogP contribution in [0.25, 0.3) is 0 Å². The van der Waals surface area contributed by atoms with E-state index in [-0.39, 0.29) is 0 Å². The molecule has 0 spiro atoms. The molecule has 0 radical (unpaired) electrons. The third-order valence-corrected chi connectivity index (χ3v) is 4.76. The minimum absolute atomic E-state index is 0.540. The first-order valence-corrected chi connectivity index (χ1v) is 7.44. The highest BCUT2D eigenvalue weighted by Crippen LogP contribution is 2.41. The van der Waals surface area contributed by atoms with Crippen molar-refractivity contribution in [2.24, 2.45) is 23.0 Å². The monoisotopic (exact) mass is 238 g/mol. The molecule has 1 saturated heterocycles. The number of nitrogens with zero attached hydrogens (tertiary/aromatic N) is 1. The molecule has 2 aliphatic rings. The van der Waals surface area contributed by atoms with Crippen LogP contribution in [-0.4, -0.2) is 30.6 Å². The van der Waals surface area contributed by atoms with E-state index in [0.717, 1.165) is 24.4 Å². The first-order chi connectivity index (χ1) is 8.00. The fourth-order valence-corrected chi connectivity index (χ4v) is 4.20. The lowest BCUT2D eigenvalue weighted by Crippen LogP contribution is -2.48.